The monoisotopic (exact) mass is 578 g/mol. The van der Waals surface area contributed by atoms with Crippen LogP contribution in [0.2, 0.25) is 0 Å². The number of oxime groups is 1. The van der Waals surface area contributed by atoms with E-state index in [1.54, 1.807) is 13.2 Å². The van der Waals surface area contributed by atoms with E-state index < -0.39 is 5.97 Å². The molecule has 0 atom stereocenters. The van der Waals surface area contributed by atoms with E-state index in [-0.39, 0.29) is 23.0 Å². The van der Waals surface area contributed by atoms with Gasteiger partial charge in [0.05, 0.1) is 7.11 Å². The molecule has 0 amide bonds. The van der Waals surface area contributed by atoms with Crippen LogP contribution in [-0.4, -0.2) is 40.7 Å². The summed E-state index contributed by atoms with van der Waals surface area (Å²) in [6.45, 7) is 5.94. The normalized spacial score (nSPS) is 11.6. The van der Waals surface area contributed by atoms with E-state index in [0.29, 0.717) is 16.7 Å². The topological polar surface area (TPSA) is 87.0 Å². The molecule has 0 saturated heterocycles. The molecule has 212 valence electrons. The Morgan fingerprint density at radius 3 is 2.12 bits per heavy atom. The Morgan fingerprint density at radius 1 is 0.857 bits per heavy atom. The molecule has 0 saturated carbocycles. The molecule has 1 aromatic heterocycles. The van der Waals surface area contributed by atoms with Crippen molar-refractivity contribution in [3.63, 3.8) is 0 Å². The zero-order chi connectivity index (χ0) is 29.8. The summed E-state index contributed by atoms with van der Waals surface area (Å²) >= 11 is 1.40. The SMILES string of the molecule is CCn1c2ccc(C(=O)C(CSc3ccc(OC)cc3)=NOC(C)=O)cc2c2cc(C(=O)c3ccccc3C)ccc21. The highest BCUT2D eigenvalue weighted by Crippen LogP contribution is 2.32. The zero-order valence-corrected chi connectivity index (χ0v) is 24.7. The number of benzene rings is 4. The standard InChI is InChI=1S/C34H30N2O5S/c1-5-36-31-16-10-23(33(38)27-9-7-6-8-21(27)2)18-28(31)29-19-24(11-17-32(29)36)34(39)30(35-41-22(3)37)20-42-26-14-12-25(40-4)13-15-26/h6-19H,5,20H2,1-4H3. The summed E-state index contributed by atoms with van der Waals surface area (Å²) in [6, 6.07) is 26.2. The van der Waals surface area contributed by atoms with Crippen LogP contribution in [0.5, 0.6) is 5.75 Å². The van der Waals surface area contributed by atoms with Gasteiger partial charge in [-0.25, -0.2) is 4.79 Å². The molecule has 5 aromatic rings. The number of aryl methyl sites for hydroxylation is 2. The molecule has 0 spiro atoms. The summed E-state index contributed by atoms with van der Waals surface area (Å²) < 4.78 is 7.38. The molecule has 1 heterocycles. The summed E-state index contributed by atoms with van der Waals surface area (Å²) in [6.07, 6.45) is 0. The van der Waals surface area contributed by atoms with Gasteiger partial charge >= 0.3 is 5.97 Å². The average molecular weight is 579 g/mol. The number of carbonyl (C=O) groups excluding carboxylic acids is 3. The van der Waals surface area contributed by atoms with E-state index in [1.165, 1.54) is 18.7 Å². The lowest BCUT2D eigenvalue weighted by molar-refractivity contribution is -0.140. The quantitative estimate of drug-likeness (QED) is 0.0570. The molecule has 0 bridgehead atoms. The zero-order valence-electron chi connectivity index (χ0n) is 23.8. The number of rotatable bonds is 10. The van der Waals surface area contributed by atoms with E-state index in [2.05, 4.69) is 16.6 Å². The number of methoxy groups -OCH3 is 1. The third kappa shape index (κ3) is 5.85. The van der Waals surface area contributed by atoms with Crippen molar-refractivity contribution in [2.24, 2.45) is 5.16 Å². The van der Waals surface area contributed by atoms with Gasteiger partial charge in [-0.15, -0.1) is 11.8 Å². The maximum atomic E-state index is 13.7. The number of ketones is 2. The summed E-state index contributed by atoms with van der Waals surface area (Å²) in [4.78, 5) is 44.5. The third-order valence-electron chi connectivity index (χ3n) is 7.08. The second-order valence-electron chi connectivity index (χ2n) is 9.77. The van der Waals surface area contributed by atoms with Gasteiger partial charge in [-0.2, -0.15) is 0 Å². The predicted octanol–water partition coefficient (Wildman–Crippen LogP) is 7.26. The smallest absolute Gasteiger partial charge is 0.331 e. The number of hydrogen-bond donors (Lipinski definition) is 0. The highest BCUT2D eigenvalue weighted by molar-refractivity contribution is 8.00. The molecule has 42 heavy (non-hydrogen) atoms. The fourth-order valence-corrected chi connectivity index (χ4v) is 5.77. The van der Waals surface area contributed by atoms with Gasteiger partial charge in [0.2, 0.25) is 5.78 Å². The molecular weight excluding hydrogens is 548 g/mol. The van der Waals surface area contributed by atoms with E-state index in [9.17, 15) is 14.4 Å². The van der Waals surface area contributed by atoms with Crippen molar-refractivity contribution in [1.29, 1.82) is 0 Å². The number of carbonyl (C=O) groups is 3. The molecule has 5 rings (SSSR count). The Balaban J connectivity index is 1.53. The van der Waals surface area contributed by atoms with Gasteiger partial charge in [-0.05, 0) is 80.1 Å². The summed E-state index contributed by atoms with van der Waals surface area (Å²) in [7, 11) is 1.60. The molecule has 7 nitrogen and oxygen atoms in total. The first-order valence-corrected chi connectivity index (χ1v) is 14.5. The Morgan fingerprint density at radius 2 is 1.50 bits per heavy atom. The lowest BCUT2D eigenvalue weighted by Crippen LogP contribution is -2.18. The minimum atomic E-state index is -0.609. The van der Waals surface area contributed by atoms with Crippen LogP contribution in [0, 0.1) is 6.92 Å². The van der Waals surface area contributed by atoms with Gasteiger partial charge in [0.15, 0.2) is 5.78 Å². The van der Waals surface area contributed by atoms with Gasteiger partial charge in [0, 0.05) is 62.6 Å². The maximum Gasteiger partial charge on any atom is 0.331 e. The highest BCUT2D eigenvalue weighted by Gasteiger charge is 2.20. The molecule has 4 aromatic carbocycles. The molecule has 0 unspecified atom stereocenters. The Hall–Kier alpha value is -4.69. The fraction of sp³-hybridized carbons (Fsp3) is 0.176. The van der Waals surface area contributed by atoms with Gasteiger partial charge in [0.1, 0.15) is 11.5 Å². The molecule has 0 N–H and O–H groups in total. The van der Waals surface area contributed by atoms with Crippen molar-refractivity contribution in [3.05, 3.63) is 107 Å². The number of aromatic nitrogens is 1. The van der Waals surface area contributed by atoms with E-state index in [1.807, 2.05) is 85.8 Å². The van der Waals surface area contributed by atoms with Crippen LogP contribution in [0.25, 0.3) is 21.8 Å². The van der Waals surface area contributed by atoms with Crippen molar-refractivity contribution >= 4 is 56.8 Å². The van der Waals surface area contributed by atoms with Crippen LogP contribution in [-0.2, 0) is 16.2 Å². The van der Waals surface area contributed by atoms with Crippen molar-refractivity contribution in [3.8, 4) is 5.75 Å². The Labute approximate surface area is 248 Å². The van der Waals surface area contributed by atoms with Crippen molar-refractivity contribution < 1.29 is 24.0 Å². The van der Waals surface area contributed by atoms with Crippen LogP contribution in [0.15, 0.2) is 95.0 Å². The fourth-order valence-electron chi connectivity index (χ4n) is 4.95. The number of Topliss-reactive ketones (excluding diaryl/α,β-unsaturated/α-hetero) is 1. The van der Waals surface area contributed by atoms with E-state index in [4.69, 9.17) is 9.57 Å². The van der Waals surface area contributed by atoms with Crippen molar-refractivity contribution in [2.45, 2.75) is 32.2 Å². The first kappa shape index (κ1) is 28.8. The molecule has 0 radical (unpaired) electrons. The molecule has 0 aliphatic rings. The number of fused-ring (bicyclic) bond motifs is 3. The summed E-state index contributed by atoms with van der Waals surface area (Å²) in [5.41, 5.74) is 4.61. The van der Waals surface area contributed by atoms with Crippen LogP contribution in [0.4, 0.5) is 0 Å². The predicted molar refractivity (Wildman–Crippen MR) is 167 cm³/mol. The van der Waals surface area contributed by atoms with Crippen molar-refractivity contribution in [2.75, 3.05) is 12.9 Å². The minimum absolute atomic E-state index is 0.0500. The lowest BCUT2D eigenvalue weighted by atomic mass is 9.97. The van der Waals surface area contributed by atoms with Crippen LogP contribution >= 0.6 is 11.8 Å². The van der Waals surface area contributed by atoms with Gasteiger partial charge < -0.3 is 14.1 Å². The first-order valence-electron chi connectivity index (χ1n) is 13.5. The summed E-state index contributed by atoms with van der Waals surface area (Å²) in [5, 5.41) is 5.65. The average Bonchev–Trinajstić information content (AvgIpc) is 3.33. The van der Waals surface area contributed by atoms with Crippen molar-refractivity contribution in [1.82, 2.24) is 4.57 Å². The number of nitrogens with zero attached hydrogens (tertiary/aromatic N) is 2. The molecule has 8 heteroatoms. The second-order valence-corrected chi connectivity index (χ2v) is 10.8. The Bertz CT molecular complexity index is 1850. The number of ether oxygens (including phenoxy) is 1. The van der Waals surface area contributed by atoms with Crippen LogP contribution in [0.1, 0.15) is 45.7 Å². The summed E-state index contributed by atoms with van der Waals surface area (Å²) in [5.74, 6) is -0.0771. The lowest BCUT2D eigenvalue weighted by Gasteiger charge is -2.07. The highest BCUT2D eigenvalue weighted by atomic mass is 32.2. The second kappa shape index (κ2) is 12.4. The Kier molecular flexibility index (Phi) is 8.54. The van der Waals surface area contributed by atoms with Gasteiger partial charge in [0.25, 0.3) is 0 Å². The third-order valence-corrected chi connectivity index (χ3v) is 8.10. The number of thioether (sulfide) groups is 1. The molecule has 0 aliphatic heterocycles. The van der Waals surface area contributed by atoms with Gasteiger partial charge in [-0.3, -0.25) is 9.59 Å². The van der Waals surface area contributed by atoms with Crippen LogP contribution < -0.4 is 4.74 Å². The minimum Gasteiger partial charge on any atom is -0.497 e. The molecule has 0 aliphatic carbocycles. The molecular formula is C34H30N2O5S. The molecule has 0 fully saturated rings. The number of hydrogen-bond acceptors (Lipinski definition) is 7. The first-order chi connectivity index (χ1) is 20.3. The van der Waals surface area contributed by atoms with Gasteiger partial charge in [-0.1, -0.05) is 29.4 Å². The van der Waals surface area contributed by atoms with E-state index in [0.717, 1.165) is 44.6 Å². The van der Waals surface area contributed by atoms with E-state index >= 15 is 0 Å². The largest absolute Gasteiger partial charge is 0.497 e. The van der Waals surface area contributed by atoms with Crippen LogP contribution in [0.3, 0.4) is 0 Å². The maximum absolute atomic E-state index is 13.7.